The summed E-state index contributed by atoms with van der Waals surface area (Å²) in [7, 11) is -2.51. The third kappa shape index (κ3) is 5.49. The smallest absolute Gasteiger partial charge is 0.305 e. The van der Waals surface area contributed by atoms with Gasteiger partial charge < -0.3 is 10.0 Å². The number of benzene rings is 1. The van der Waals surface area contributed by atoms with Gasteiger partial charge in [0.2, 0.25) is 15.9 Å². The highest BCUT2D eigenvalue weighted by Gasteiger charge is 2.25. The second-order valence-corrected chi connectivity index (χ2v) is 7.31. The Morgan fingerprint density at radius 1 is 1.22 bits per heavy atom. The minimum absolute atomic E-state index is 0.0331. The summed E-state index contributed by atoms with van der Waals surface area (Å²) in [5.74, 6) is -1.47. The van der Waals surface area contributed by atoms with Gasteiger partial charge in [-0.1, -0.05) is 11.6 Å². The van der Waals surface area contributed by atoms with Crippen molar-refractivity contribution in [3.05, 3.63) is 29.3 Å². The molecule has 7 nitrogen and oxygen atoms in total. The van der Waals surface area contributed by atoms with Gasteiger partial charge in [-0.3, -0.25) is 9.59 Å². The number of halogens is 1. The standard InChI is InChI=1S/C14H19ClN2O5S/c1-3-17(9-8-14(19)20)13(18)10-16(2)23(21,22)12-6-4-11(15)5-7-12/h4-7H,3,8-10H2,1-2H3,(H,19,20). The molecule has 1 N–H and O–H groups in total. The van der Waals surface area contributed by atoms with Crippen molar-refractivity contribution in [1.29, 1.82) is 0 Å². The van der Waals surface area contributed by atoms with Crippen molar-refractivity contribution in [2.45, 2.75) is 18.2 Å². The fourth-order valence-electron chi connectivity index (χ4n) is 1.85. The molecule has 0 aliphatic heterocycles. The van der Waals surface area contributed by atoms with Gasteiger partial charge in [0.05, 0.1) is 17.9 Å². The highest BCUT2D eigenvalue weighted by atomic mass is 35.5. The Morgan fingerprint density at radius 2 is 1.78 bits per heavy atom. The Hall–Kier alpha value is -1.64. The van der Waals surface area contributed by atoms with Gasteiger partial charge >= 0.3 is 5.97 Å². The second kappa shape index (κ2) is 8.28. The maximum absolute atomic E-state index is 12.4. The number of carboxylic acids is 1. The van der Waals surface area contributed by atoms with Crippen LogP contribution in [0.25, 0.3) is 0 Å². The minimum Gasteiger partial charge on any atom is -0.481 e. The molecule has 1 rings (SSSR count). The summed E-state index contributed by atoms with van der Waals surface area (Å²) in [4.78, 5) is 24.1. The molecule has 1 aromatic rings. The molecule has 1 amide bonds. The number of hydrogen-bond donors (Lipinski definition) is 1. The molecule has 0 saturated carbocycles. The van der Waals surface area contributed by atoms with Crippen molar-refractivity contribution >= 4 is 33.5 Å². The molecule has 0 atom stereocenters. The molecule has 0 unspecified atom stereocenters. The van der Waals surface area contributed by atoms with Crippen molar-refractivity contribution in [3.8, 4) is 0 Å². The van der Waals surface area contributed by atoms with E-state index in [-0.39, 0.29) is 24.4 Å². The molecule has 1 aromatic carbocycles. The van der Waals surface area contributed by atoms with Crippen molar-refractivity contribution in [2.24, 2.45) is 0 Å². The summed E-state index contributed by atoms with van der Waals surface area (Å²) in [6.45, 7) is 1.69. The maximum Gasteiger partial charge on any atom is 0.305 e. The Kier molecular flexibility index (Phi) is 6.99. The van der Waals surface area contributed by atoms with E-state index in [1.807, 2.05) is 0 Å². The Bertz CT molecular complexity index is 660. The summed E-state index contributed by atoms with van der Waals surface area (Å²) in [6, 6.07) is 5.63. The predicted molar refractivity (Wildman–Crippen MR) is 85.8 cm³/mol. The van der Waals surface area contributed by atoms with E-state index in [4.69, 9.17) is 16.7 Å². The van der Waals surface area contributed by atoms with Gasteiger partial charge in [0.15, 0.2) is 0 Å². The largest absolute Gasteiger partial charge is 0.481 e. The first-order chi connectivity index (χ1) is 10.7. The molecule has 0 fully saturated rings. The Labute approximate surface area is 140 Å². The van der Waals surface area contributed by atoms with Crippen LogP contribution in [0.1, 0.15) is 13.3 Å². The predicted octanol–water partition coefficient (Wildman–Crippen LogP) is 1.28. The third-order valence-corrected chi connectivity index (χ3v) is 5.28. The SMILES string of the molecule is CCN(CCC(=O)O)C(=O)CN(C)S(=O)(=O)c1ccc(Cl)cc1. The number of sulfonamides is 1. The average Bonchev–Trinajstić information content (AvgIpc) is 2.47. The van der Waals surface area contributed by atoms with Gasteiger partial charge in [0.1, 0.15) is 0 Å². The van der Waals surface area contributed by atoms with Crippen LogP contribution in [0, 0.1) is 0 Å². The summed E-state index contributed by atoms with van der Waals surface area (Å²) in [6.07, 6.45) is -0.187. The summed E-state index contributed by atoms with van der Waals surface area (Å²) in [5, 5.41) is 9.08. The fourth-order valence-corrected chi connectivity index (χ4v) is 3.10. The van der Waals surface area contributed by atoms with E-state index in [1.54, 1.807) is 6.92 Å². The second-order valence-electron chi connectivity index (χ2n) is 4.83. The first kappa shape index (κ1) is 19.4. The van der Waals surface area contributed by atoms with Gasteiger partial charge in [-0.05, 0) is 31.2 Å². The maximum atomic E-state index is 12.4. The summed E-state index contributed by atoms with van der Waals surface area (Å²) < 4.78 is 25.7. The van der Waals surface area contributed by atoms with Crippen LogP contribution < -0.4 is 0 Å². The number of nitrogens with zero attached hydrogens (tertiary/aromatic N) is 2. The first-order valence-electron chi connectivity index (χ1n) is 6.90. The van der Waals surface area contributed by atoms with Gasteiger partial charge in [-0.2, -0.15) is 4.31 Å². The van der Waals surface area contributed by atoms with Crippen molar-refractivity contribution in [3.63, 3.8) is 0 Å². The molecule has 0 heterocycles. The van der Waals surface area contributed by atoms with Crippen LogP contribution in [0.2, 0.25) is 5.02 Å². The molecule has 0 saturated heterocycles. The van der Waals surface area contributed by atoms with E-state index >= 15 is 0 Å². The lowest BCUT2D eigenvalue weighted by atomic mass is 10.3. The number of carboxylic acid groups (broad SMARTS) is 1. The number of rotatable bonds is 8. The topological polar surface area (TPSA) is 95.0 Å². The van der Waals surface area contributed by atoms with E-state index < -0.39 is 21.9 Å². The van der Waals surface area contributed by atoms with Crippen LogP contribution in [0.4, 0.5) is 0 Å². The van der Waals surface area contributed by atoms with Crippen LogP contribution >= 0.6 is 11.6 Å². The van der Waals surface area contributed by atoms with Crippen LogP contribution in [0.5, 0.6) is 0 Å². The van der Waals surface area contributed by atoms with Crippen molar-refractivity contribution in [2.75, 3.05) is 26.7 Å². The van der Waals surface area contributed by atoms with Crippen molar-refractivity contribution < 1.29 is 23.1 Å². The molecule has 0 aliphatic rings. The molecular weight excluding hydrogens is 344 g/mol. The molecule has 0 spiro atoms. The zero-order valence-corrected chi connectivity index (χ0v) is 14.5. The summed E-state index contributed by atoms with van der Waals surface area (Å²) in [5.41, 5.74) is 0. The summed E-state index contributed by atoms with van der Waals surface area (Å²) >= 11 is 5.73. The van der Waals surface area contributed by atoms with E-state index in [0.717, 1.165) is 4.31 Å². The molecule has 0 aromatic heterocycles. The van der Waals surface area contributed by atoms with Crippen molar-refractivity contribution in [1.82, 2.24) is 9.21 Å². The Morgan fingerprint density at radius 3 is 2.26 bits per heavy atom. The Balaban J connectivity index is 2.80. The zero-order chi connectivity index (χ0) is 17.6. The number of aliphatic carboxylic acids is 1. The van der Waals surface area contributed by atoms with Gasteiger partial charge in [-0.15, -0.1) is 0 Å². The fraction of sp³-hybridized carbons (Fsp3) is 0.429. The molecule has 0 aliphatic carbocycles. The van der Waals surface area contributed by atoms with Crippen LogP contribution in [-0.2, 0) is 19.6 Å². The number of carbonyl (C=O) groups excluding carboxylic acids is 1. The van der Waals surface area contributed by atoms with Gasteiger partial charge in [0, 0.05) is 25.2 Å². The molecule has 9 heteroatoms. The quantitative estimate of drug-likeness (QED) is 0.751. The van der Waals surface area contributed by atoms with E-state index in [0.29, 0.717) is 11.6 Å². The highest BCUT2D eigenvalue weighted by molar-refractivity contribution is 7.89. The lowest BCUT2D eigenvalue weighted by Crippen LogP contribution is -2.41. The number of carbonyl (C=O) groups is 2. The van der Waals surface area contributed by atoms with E-state index in [2.05, 4.69) is 0 Å². The monoisotopic (exact) mass is 362 g/mol. The minimum atomic E-state index is -3.81. The lowest BCUT2D eigenvalue weighted by Gasteiger charge is -2.23. The molecule has 0 radical (unpaired) electrons. The number of amides is 1. The van der Waals surface area contributed by atoms with Crippen LogP contribution in [0.3, 0.4) is 0 Å². The normalized spacial score (nSPS) is 11.5. The first-order valence-corrected chi connectivity index (χ1v) is 8.71. The van der Waals surface area contributed by atoms with Gasteiger partial charge in [-0.25, -0.2) is 8.42 Å². The molecule has 0 bridgehead atoms. The van der Waals surface area contributed by atoms with E-state index in [9.17, 15) is 18.0 Å². The zero-order valence-electron chi connectivity index (χ0n) is 12.9. The third-order valence-electron chi connectivity index (χ3n) is 3.21. The lowest BCUT2D eigenvalue weighted by molar-refractivity contribution is -0.138. The molecule has 128 valence electrons. The van der Waals surface area contributed by atoms with Crippen LogP contribution in [-0.4, -0.2) is 61.3 Å². The molecule has 23 heavy (non-hydrogen) atoms. The van der Waals surface area contributed by atoms with Crippen LogP contribution in [0.15, 0.2) is 29.2 Å². The number of hydrogen-bond acceptors (Lipinski definition) is 4. The highest BCUT2D eigenvalue weighted by Crippen LogP contribution is 2.17. The number of likely N-dealkylation sites (N-methyl/N-ethyl adjacent to an activating group) is 2. The van der Waals surface area contributed by atoms with Gasteiger partial charge in [0.25, 0.3) is 0 Å². The average molecular weight is 363 g/mol. The van der Waals surface area contributed by atoms with E-state index in [1.165, 1.54) is 36.2 Å². The molecular formula is C14H19ClN2O5S.